The zero-order chi connectivity index (χ0) is 16.2. The van der Waals surface area contributed by atoms with Crippen LogP contribution in [0.2, 0.25) is 5.02 Å². The maximum Gasteiger partial charge on any atom is 0.228 e. The molecular formula is C18H17ClN2O2. The number of oxazole rings is 1. The van der Waals surface area contributed by atoms with E-state index >= 15 is 0 Å². The van der Waals surface area contributed by atoms with Crippen LogP contribution in [0.4, 0.5) is 5.69 Å². The molecule has 0 saturated carbocycles. The van der Waals surface area contributed by atoms with Crippen molar-refractivity contribution >= 4 is 17.3 Å². The van der Waals surface area contributed by atoms with Crippen molar-refractivity contribution < 1.29 is 9.15 Å². The molecule has 3 aromatic rings. The molecule has 0 spiro atoms. The Morgan fingerprint density at radius 2 is 1.87 bits per heavy atom. The van der Waals surface area contributed by atoms with Gasteiger partial charge in [0, 0.05) is 12.1 Å². The highest BCUT2D eigenvalue weighted by molar-refractivity contribution is 6.33. The second kappa shape index (κ2) is 6.75. The number of nitrogen functional groups attached to an aromatic ring is 1. The van der Waals surface area contributed by atoms with Crippen molar-refractivity contribution in [2.45, 2.75) is 13.3 Å². The molecule has 0 unspecified atom stereocenters. The first-order chi connectivity index (χ1) is 11.1. The number of ether oxygens (including phenoxy) is 1. The van der Waals surface area contributed by atoms with Gasteiger partial charge in [-0.1, -0.05) is 23.7 Å². The summed E-state index contributed by atoms with van der Waals surface area (Å²) in [5, 5.41) is 0.624. The highest BCUT2D eigenvalue weighted by Crippen LogP contribution is 2.28. The number of nitrogens with zero attached hydrogens (tertiary/aromatic N) is 1. The van der Waals surface area contributed by atoms with Crippen LogP contribution in [-0.2, 0) is 6.42 Å². The van der Waals surface area contributed by atoms with E-state index in [9.17, 15) is 0 Å². The predicted octanol–water partition coefficient (Wildman–Crippen LogP) is 4.51. The van der Waals surface area contributed by atoms with Gasteiger partial charge in [0.15, 0.2) is 0 Å². The minimum atomic E-state index is 0.513. The minimum absolute atomic E-state index is 0.513. The number of hydrogen-bond donors (Lipinski definition) is 1. The molecular weight excluding hydrogens is 312 g/mol. The quantitative estimate of drug-likeness (QED) is 0.700. The van der Waals surface area contributed by atoms with Crippen LogP contribution in [0.15, 0.2) is 52.9 Å². The van der Waals surface area contributed by atoms with Crippen LogP contribution in [0.25, 0.3) is 11.5 Å². The lowest BCUT2D eigenvalue weighted by atomic mass is 10.2. The zero-order valence-electron chi connectivity index (χ0n) is 12.8. The van der Waals surface area contributed by atoms with E-state index in [2.05, 4.69) is 4.98 Å². The van der Waals surface area contributed by atoms with Crippen molar-refractivity contribution in [2.75, 3.05) is 12.3 Å². The number of aryl methyl sites for hydroxylation is 1. The number of rotatable bonds is 5. The highest BCUT2D eigenvalue weighted by atomic mass is 35.5. The van der Waals surface area contributed by atoms with Crippen molar-refractivity contribution in [3.8, 4) is 17.2 Å². The Kier molecular flexibility index (Phi) is 4.53. The number of benzene rings is 2. The Labute approximate surface area is 139 Å². The summed E-state index contributed by atoms with van der Waals surface area (Å²) in [6.07, 6.45) is 0.657. The van der Waals surface area contributed by atoms with Crippen molar-refractivity contribution in [1.29, 1.82) is 0 Å². The topological polar surface area (TPSA) is 61.3 Å². The lowest BCUT2D eigenvalue weighted by Gasteiger charge is -2.05. The fourth-order valence-electron chi connectivity index (χ4n) is 2.24. The molecule has 0 amide bonds. The number of nitrogens with two attached hydrogens (primary N) is 1. The van der Waals surface area contributed by atoms with Gasteiger partial charge in [-0.05, 0) is 43.3 Å². The third kappa shape index (κ3) is 3.66. The van der Waals surface area contributed by atoms with Gasteiger partial charge in [-0.25, -0.2) is 4.98 Å². The molecule has 0 atom stereocenters. The van der Waals surface area contributed by atoms with Crippen molar-refractivity contribution in [1.82, 2.24) is 4.98 Å². The molecule has 23 heavy (non-hydrogen) atoms. The number of aromatic nitrogens is 1. The maximum atomic E-state index is 6.18. The molecule has 2 N–H and O–H groups in total. The summed E-state index contributed by atoms with van der Waals surface area (Å²) in [5.74, 6) is 2.10. The molecule has 2 aromatic carbocycles. The third-order valence-electron chi connectivity index (χ3n) is 3.48. The van der Waals surface area contributed by atoms with Crippen LogP contribution in [0, 0.1) is 6.92 Å². The van der Waals surface area contributed by atoms with Gasteiger partial charge in [-0.2, -0.15) is 0 Å². The van der Waals surface area contributed by atoms with Crippen molar-refractivity contribution in [3.63, 3.8) is 0 Å². The minimum Gasteiger partial charge on any atom is -0.493 e. The van der Waals surface area contributed by atoms with E-state index < -0.39 is 0 Å². The van der Waals surface area contributed by atoms with Gasteiger partial charge in [0.05, 0.1) is 22.9 Å². The van der Waals surface area contributed by atoms with E-state index in [4.69, 9.17) is 26.5 Å². The Hall–Kier alpha value is -2.46. The lowest BCUT2D eigenvalue weighted by Crippen LogP contribution is -2.02. The van der Waals surface area contributed by atoms with Crippen LogP contribution in [0.1, 0.15) is 11.5 Å². The summed E-state index contributed by atoms with van der Waals surface area (Å²) in [6.45, 7) is 2.41. The number of hydrogen-bond acceptors (Lipinski definition) is 4. The molecule has 0 bridgehead atoms. The second-order valence-corrected chi connectivity index (χ2v) is 5.58. The number of anilines is 1. The molecule has 0 fully saturated rings. The molecule has 5 heteroatoms. The Balaban J connectivity index is 1.67. The molecule has 4 nitrogen and oxygen atoms in total. The highest BCUT2D eigenvalue weighted by Gasteiger charge is 2.13. The Morgan fingerprint density at radius 3 is 2.61 bits per heavy atom. The average molecular weight is 329 g/mol. The Bertz CT molecular complexity index is 797. The van der Waals surface area contributed by atoms with Gasteiger partial charge in [0.2, 0.25) is 5.89 Å². The summed E-state index contributed by atoms with van der Waals surface area (Å²) in [5.41, 5.74) is 8.03. The fourth-order valence-corrected chi connectivity index (χ4v) is 2.46. The molecule has 0 aliphatic rings. The average Bonchev–Trinajstić information content (AvgIpc) is 2.91. The van der Waals surface area contributed by atoms with E-state index in [0.717, 1.165) is 22.8 Å². The van der Waals surface area contributed by atoms with Crippen molar-refractivity contribution in [3.05, 3.63) is 65.0 Å². The third-order valence-corrected chi connectivity index (χ3v) is 3.81. The van der Waals surface area contributed by atoms with Gasteiger partial charge in [-0.3, -0.25) is 0 Å². The van der Waals surface area contributed by atoms with Gasteiger partial charge < -0.3 is 14.9 Å². The van der Waals surface area contributed by atoms with Gasteiger partial charge >= 0.3 is 0 Å². The van der Waals surface area contributed by atoms with Gasteiger partial charge in [-0.15, -0.1) is 0 Å². The molecule has 3 rings (SSSR count). The molecule has 1 aromatic heterocycles. The molecule has 0 saturated heterocycles. The molecule has 0 aliphatic heterocycles. The molecule has 118 valence electrons. The van der Waals surface area contributed by atoms with Crippen LogP contribution >= 0.6 is 11.6 Å². The summed E-state index contributed by atoms with van der Waals surface area (Å²) < 4.78 is 11.4. The van der Waals surface area contributed by atoms with Crippen LogP contribution in [-0.4, -0.2) is 11.6 Å². The molecule has 0 radical (unpaired) electrons. The van der Waals surface area contributed by atoms with Crippen LogP contribution in [0.3, 0.4) is 0 Å². The van der Waals surface area contributed by atoms with Crippen LogP contribution < -0.4 is 10.5 Å². The SMILES string of the molecule is Cc1oc(-c2ccccc2Cl)nc1CCOc1ccc(N)cc1. The van der Waals surface area contributed by atoms with Gasteiger partial charge in [0.25, 0.3) is 0 Å². The van der Waals surface area contributed by atoms with E-state index in [-0.39, 0.29) is 0 Å². The first-order valence-corrected chi connectivity index (χ1v) is 7.71. The molecule has 0 aliphatic carbocycles. The number of halogens is 1. The second-order valence-electron chi connectivity index (χ2n) is 5.17. The molecule has 1 heterocycles. The summed E-state index contributed by atoms with van der Waals surface area (Å²) in [6, 6.07) is 14.8. The maximum absolute atomic E-state index is 6.18. The zero-order valence-corrected chi connectivity index (χ0v) is 13.5. The normalized spacial score (nSPS) is 10.7. The van der Waals surface area contributed by atoms with E-state index in [0.29, 0.717) is 29.6 Å². The fraction of sp³-hybridized carbons (Fsp3) is 0.167. The van der Waals surface area contributed by atoms with E-state index in [1.807, 2.05) is 55.5 Å². The van der Waals surface area contributed by atoms with E-state index in [1.54, 1.807) is 0 Å². The Morgan fingerprint density at radius 1 is 1.13 bits per heavy atom. The lowest BCUT2D eigenvalue weighted by molar-refractivity contribution is 0.320. The predicted molar refractivity (Wildman–Crippen MR) is 91.7 cm³/mol. The summed E-state index contributed by atoms with van der Waals surface area (Å²) >= 11 is 6.18. The first-order valence-electron chi connectivity index (χ1n) is 7.33. The first kappa shape index (κ1) is 15.4. The standard InChI is InChI=1S/C18H17ClN2O2/c1-12-17(10-11-22-14-8-6-13(20)7-9-14)21-18(23-12)15-4-2-3-5-16(15)19/h2-9H,10-11,20H2,1H3. The smallest absolute Gasteiger partial charge is 0.228 e. The van der Waals surface area contributed by atoms with Gasteiger partial charge in [0.1, 0.15) is 11.5 Å². The van der Waals surface area contributed by atoms with E-state index in [1.165, 1.54) is 0 Å². The van der Waals surface area contributed by atoms with Crippen LogP contribution in [0.5, 0.6) is 5.75 Å². The summed E-state index contributed by atoms with van der Waals surface area (Å²) in [7, 11) is 0. The summed E-state index contributed by atoms with van der Waals surface area (Å²) in [4.78, 5) is 4.54. The monoisotopic (exact) mass is 328 g/mol. The van der Waals surface area contributed by atoms with Crippen molar-refractivity contribution in [2.24, 2.45) is 0 Å². The largest absolute Gasteiger partial charge is 0.493 e.